The highest BCUT2D eigenvalue weighted by Crippen LogP contribution is 2.26. The van der Waals surface area contributed by atoms with Crippen LogP contribution in [-0.4, -0.2) is 36.1 Å². The van der Waals surface area contributed by atoms with Crippen molar-refractivity contribution in [2.45, 2.75) is 51.7 Å². The molecule has 2 unspecified atom stereocenters. The van der Waals surface area contributed by atoms with Crippen LogP contribution in [0.3, 0.4) is 0 Å². The quantitative estimate of drug-likeness (QED) is 0.669. The van der Waals surface area contributed by atoms with E-state index in [-0.39, 0.29) is 12.1 Å². The van der Waals surface area contributed by atoms with Gasteiger partial charge in [-0.3, -0.25) is 0 Å². The molecule has 4 heteroatoms. The molecule has 2 rings (SSSR count). The first-order valence-corrected chi connectivity index (χ1v) is 7.94. The number of rotatable bonds is 5. The highest BCUT2D eigenvalue weighted by molar-refractivity contribution is 5.89. The Labute approximate surface area is 127 Å². The monoisotopic (exact) mass is 290 g/mol. The van der Waals surface area contributed by atoms with Gasteiger partial charge in [-0.15, -0.1) is 0 Å². The second kappa shape index (κ2) is 7.46. The van der Waals surface area contributed by atoms with Crippen molar-refractivity contribution < 1.29 is 9.53 Å². The van der Waals surface area contributed by atoms with E-state index in [4.69, 9.17) is 10.5 Å². The first kappa shape index (κ1) is 15.8. The molecule has 1 aromatic carbocycles. The predicted molar refractivity (Wildman–Crippen MR) is 85.2 cm³/mol. The number of nitrogens with zero attached hydrogens (tertiary/aromatic N) is 1. The van der Waals surface area contributed by atoms with Gasteiger partial charge in [0.1, 0.15) is 6.10 Å². The van der Waals surface area contributed by atoms with Gasteiger partial charge in [-0.25, -0.2) is 4.79 Å². The summed E-state index contributed by atoms with van der Waals surface area (Å²) < 4.78 is 5.68. The van der Waals surface area contributed by atoms with E-state index in [1.165, 1.54) is 6.42 Å². The summed E-state index contributed by atoms with van der Waals surface area (Å²) in [4.78, 5) is 14.6. The zero-order valence-corrected chi connectivity index (χ0v) is 13.0. The van der Waals surface area contributed by atoms with E-state index in [0.29, 0.717) is 17.3 Å². The second-order valence-corrected chi connectivity index (χ2v) is 5.69. The number of hydrogen-bond acceptors (Lipinski definition) is 4. The minimum atomic E-state index is -0.236. The van der Waals surface area contributed by atoms with Gasteiger partial charge in [0, 0.05) is 11.7 Å². The predicted octanol–water partition coefficient (Wildman–Crippen LogP) is 3.08. The fourth-order valence-corrected chi connectivity index (χ4v) is 3.14. The Morgan fingerprint density at radius 2 is 1.90 bits per heavy atom. The number of nitrogen functional groups attached to an aromatic ring is 1. The van der Waals surface area contributed by atoms with E-state index < -0.39 is 0 Å². The molecule has 21 heavy (non-hydrogen) atoms. The molecule has 0 radical (unpaired) electrons. The van der Waals surface area contributed by atoms with Crippen LogP contribution in [0.2, 0.25) is 0 Å². The Kier molecular flexibility index (Phi) is 5.62. The van der Waals surface area contributed by atoms with Crippen molar-refractivity contribution in [2.75, 3.05) is 18.8 Å². The number of anilines is 1. The summed E-state index contributed by atoms with van der Waals surface area (Å²) >= 11 is 0. The molecule has 4 nitrogen and oxygen atoms in total. The average Bonchev–Trinajstić information content (AvgIpc) is 2.49. The van der Waals surface area contributed by atoms with Crippen molar-refractivity contribution in [3.63, 3.8) is 0 Å². The molecule has 0 aliphatic heterocycles. The number of carbonyl (C=O) groups excluding carboxylic acids is 1. The minimum Gasteiger partial charge on any atom is -0.459 e. The molecule has 1 saturated carbocycles. The lowest BCUT2D eigenvalue weighted by atomic mass is 9.91. The van der Waals surface area contributed by atoms with E-state index in [1.54, 1.807) is 24.3 Å². The molecule has 0 spiro atoms. The molecule has 0 amide bonds. The maximum absolute atomic E-state index is 12.2. The van der Waals surface area contributed by atoms with Gasteiger partial charge in [-0.2, -0.15) is 0 Å². The third-order valence-corrected chi connectivity index (χ3v) is 4.35. The largest absolute Gasteiger partial charge is 0.459 e. The molecule has 0 saturated heterocycles. The van der Waals surface area contributed by atoms with E-state index in [2.05, 4.69) is 18.7 Å². The summed E-state index contributed by atoms with van der Waals surface area (Å²) in [6, 6.07) is 7.45. The highest BCUT2D eigenvalue weighted by atomic mass is 16.5. The Bertz CT molecular complexity index is 454. The number of ether oxygens (including phenoxy) is 1. The van der Waals surface area contributed by atoms with Gasteiger partial charge >= 0.3 is 5.97 Å². The number of esters is 1. The minimum absolute atomic E-state index is 0.0365. The molecule has 1 aliphatic rings. The Hall–Kier alpha value is -1.55. The van der Waals surface area contributed by atoms with Gasteiger partial charge in [0.2, 0.25) is 0 Å². The van der Waals surface area contributed by atoms with Crippen molar-refractivity contribution in [1.29, 1.82) is 0 Å². The van der Waals surface area contributed by atoms with Crippen molar-refractivity contribution in [3.05, 3.63) is 29.8 Å². The maximum Gasteiger partial charge on any atom is 0.338 e. The van der Waals surface area contributed by atoms with Gasteiger partial charge in [0.15, 0.2) is 0 Å². The Morgan fingerprint density at radius 3 is 2.52 bits per heavy atom. The van der Waals surface area contributed by atoms with Crippen LogP contribution < -0.4 is 5.73 Å². The summed E-state index contributed by atoms with van der Waals surface area (Å²) in [5.74, 6) is -0.236. The Morgan fingerprint density at radius 1 is 1.24 bits per heavy atom. The molecule has 1 fully saturated rings. The molecule has 0 heterocycles. The molecule has 1 aliphatic carbocycles. The van der Waals surface area contributed by atoms with Gasteiger partial charge in [0.05, 0.1) is 5.56 Å². The molecule has 0 aromatic heterocycles. The highest BCUT2D eigenvalue weighted by Gasteiger charge is 2.27. The lowest BCUT2D eigenvalue weighted by molar-refractivity contribution is 0.00716. The van der Waals surface area contributed by atoms with Crippen LogP contribution in [0.4, 0.5) is 5.69 Å². The van der Waals surface area contributed by atoms with Crippen LogP contribution in [0, 0.1) is 0 Å². The fraction of sp³-hybridized carbons (Fsp3) is 0.588. The fourth-order valence-electron chi connectivity index (χ4n) is 3.14. The van der Waals surface area contributed by atoms with Crippen LogP contribution in [0.5, 0.6) is 0 Å². The standard InChI is InChI=1S/C17H26N2O2/c1-3-19(4-2)15-6-5-7-16(12-15)21-17(20)13-8-10-14(18)11-9-13/h8-11,15-16H,3-7,12,18H2,1-2H3. The van der Waals surface area contributed by atoms with Crippen LogP contribution in [-0.2, 0) is 4.74 Å². The Balaban J connectivity index is 1.93. The zero-order valence-electron chi connectivity index (χ0n) is 13.0. The summed E-state index contributed by atoms with van der Waals surface area (Å²) in [7, 11) is 0. The smallest absolute Gasteiger partial charge is 0.338 e. The molecule has 0 bridgehead atoms. The average molecular weight is 290 g/mol. The molecule has 1 aromatic rings. The van der Waals surface area contributed by atoms with Gasteiger partial charge in [-0.1, -0.05) is 13.8 Å². The van der Waals surface area contributed by atoms with Crippen molar-refractivity contribution in [2.24, 2.45) is 0 Å². The van der Waals surface area contributed by atoms with Crippen molar-refractivity contribution >= 4 is 11.7 Å². The van der Waals surface area contributed by atoms with Gasteiger partial charge in [-0.05, 0) is 63.0 Å². The van der Waals surface area contributed by atoms with Crippen LogP contribution in [0.25, 0.3) is 0 Å². The third kappa shape index (κ3) is 4.21. The maximum atomic E-state index is 12.2. The topological polar surface area (TPSA) is 55.6 Å². The molecular formula is C17H26N2O2. The first-order valence-electron chi connectivity index (χ1n) is 7.94. The molecule has 2 atom stereocenters. The summed E-state index contributed by atoms with van der Waals surface area (Å²) in [6.07, 6.45) is 4.29. The SMILES string of the molecule is CCN(CC)C1CCCC(OC(=O)c2ccc(N)cc2)C1. The van der Waals surface area contributed by atoms with Crippen molar-refractivity contribution in [3.8, 4) is 0 Å². The number of nitrogens with two attached hydrogens (primary N) is 1. The van der Waals surface area contributed by atoms with E-state index in [1.807, 2.05) is 0 Å². The summed E-state index contributed by atoms with van der Waals surface area (Å²) in [5, 5.41) is 0. The lowest BCUT2D eigenvalue weighted by Crippen LogP contribution is -2.41. The van der Waals surface area contributed by atoms with Gasteiger partial charge in [0.25, 0.3) is 0 Å². The zero-order chi connectivity index (χ0) is 15.2. The number of benzene rings is 1. The first-order chi connectivity index (χ1) is 10.1. The summed E-state index contributed by atoms with van der Waals surface area (Å²) in [5.41, 5.74) is 6.87. The third-order valence-electron chi connectivity index (χ3n) is 4.35. The normalized spacial score (nSPS) is 22.2. The van der Waals surface area contributed by atoms with Crippen LogP contribution >= 0.6 is 0 Å². The molecular weight excluding hydrogens is 264 g/mol. The van der Waals surface area contributed by atoms with Crippen LogP contribution in [0.15, 0.2) is 24.3 Å². The van der Waals surface area contributed by atoms with E-state index in [0.717, 1.165) is 32.4 Å². The van der Waals surface area contributed by atoms with Crippen LogP contribution in [0.1, 0.15) is 49.9 Å². The van der Waals surface area contributed by atoms with E-state index in [9.17, 15) is 4.79 Å². The van der Waals surface area contributed by atoms with Crippen molar-refractivity contribution in [1.82, 2.24) is 4.90 Å². The number of hydrogen-bond donors (Lipinski definition) is 1. The van der Waals surface area contributed by atoms with Gasteiger partial charge < -0.3 is 15.4 Å². The van der Waals surface area contributed by atoms with E-state index >= 15 is 0 Å². The summed E-state index contributed by atoms with van der Waals surface area (Å²) in [6.45, 7) is 6.49. The second-order valence-electron chi connectivity index (χ2n) is 5.69. The molecule has 2 N–H and O–H groups in total. The lowest BCUT2D eigenvalue weighted by Gasteiger charge is -2.36. The number of carbonyl (C=O) groups is 1. The molecule has 116 valence electrons.